The number of halogens is 3. The molecule has 6 amide bonds. The van der Waals surface area contributed by atoms with Gasteiger partial charge >= 0.3 is 0 Å². The van der Waals surface area contributed by atoms with Crippen molar-refractivity contribution in [1.82, 2.24) is 30.7 Å². The maximum absolute atomic E-state index is 12.8. The van der Waals surface area contributed by atoms with E-state index in [1.165, 1.54) is 14.7 Å². The fourth-order valence-electron chi connectivity index (χ4n) is 10.7. The number of anilines is 1. The van der Waals surface area contributed by atoms with Crippen molar-refractivity contribution in [3.63, 3.8) is 0 Å². The molecule has 0 aromatic heterocycles. The van der Waals surface area contributed by atoms with E-state index in [1.807, 2.05) is 91.0 Å². The molecule has 0 saturated carbocycles. The summed E-state index contributed by atoms with van der Waals surface area (Å²) in [6.45, 7) is 7.99. The topological polar surface area (TPSA) is 336 Å². The van der Waals surface area contributed by atoms with E-state index in [-0.39, 0.29) is 48.7 Å². The molecule has 0 bridgehead atoms. The summed E-state index contributed by atoms with van der Waals surface area (Å²) in [6.07, 6.45) is -9.64. The first kappa shape index (κ1) is 75.1. The zero-order chi connectivity index (χ0) is 69.1. The number of phenolic OH excluding ortho intramolecular Hbond substituents is 1. The van der Waals surface area contributed by atoms with Gasteiger partial charge in [-0.3, -0.25) is 28.8 Å². The zero-order valence-corrected chi connectivity index (χ0v) is 58.1. The lowest BCUT2D eigenvalue weighted by atomic mass is 10.0. The number of aromatic hydroxyl groups is 1. The van der Waals surface area contributed by atoms with Crippen molar-refractivity contribution in [3.05, 3.63) is 188 Å². The van der Waals surface area contributed by atoms with Gasteiger partial charge in [-0.05, 0) is 135 Å². The predicted molar refractivity (Wildman–Crippen MR) is 365 cm³/mol. The number of aliphatic hydroxyl groups is 6. The van der Waals surface area contributed by atoms with Gasteiger partial charge in [-0.2, -0.15) is 0 Å². The van der Waals surface area contributed by atoms with E-state index < -0.39 is 99.2 Å². The van der Waals surface area contributed by atoms with Crippen molar-refractivity contribution < 1.29 is 77.7 Å². The number of benzene rings is 6. The first-order valence-corrected chi connectivity index (χ1v) is 34.8. The third kappa shape index (κ3) is 21.3. The molecule has 27 heteroatoms. The SMILES string of the molecule is C[C@@H](NC(=O)[C@H](O)[C@@H](O)C(=O)N1CCC(Oc2ccccc2)CC1)c1ccc(Br)cc1.C[C@@H](NC(=O)[C@H](O)[C@@H](O)C(=O)N1CCC(S(=O)(=O)c2ccccc2)CC1)c1ccc(Br)cc1.C[C@@H](NC(=O)[C@H](O)[C@@H](O)C(=O)N1CCN(c2ccc(O)cc2)CC1)c1ccc(Br)cc1. The van der Waals surface area contributed by atoms with Crippen molar-refractivity contribution in [2.75, 3.05) is 57.3 Å². The van der Waals surface area contributed by atoms with Crippen LogP contribution >= 0.6 is 47.8 Å². The molecule has 3 aliphatic rings. The molecular weight excluding hydrogens is 1440 g/mol. The minimum Gasteiger partial charge on any atom is -0.508 e. The second-order valence-electron chi connectivity index (χ2n) is 23.2. The number of para-hydroxylation sites is 1. The van der Waals surface area contributed by atoms with E-state index in [0.717, 1.165) is 41.5 Å². The molecule has 6 aromatic rings. The van der Waals surface area contributed by atoms with Gasteiger partial charge in [0, 0.05) is 84.3 Å². The number of ether oxygens (including phenoxy) is 1. The minimum atomic E-state index is -3.52. The molecule has 3 fully saturated rings. The lowest BCUT2D eigenvalue weighted by molar-refractivity contribution is -0.154. The third-order valence-corrected chi connectivity index (χ3v) is 20.4. The van der Waals surface area contributed by atoms with Crippen molar-refractivity contribution >= 4 is 98.8 Å². The molecule has 0 aliphatic carbocycles. The van der Waals surface area contributed by atoms with E-state index in [9.17, 15) is 72.9 Å². The summed E-state index contributed by atoms with van der Waals surface area (Å²) in [6, 6.07) is 45.1. The van der Waals surface area contributed by atoms with Crippen molar-refractivity contribution in [3.8, 4) is 11.5 Å². The number of sulfone groups is 1. The van der Waals surface area contributed by atoms with Crippen LogP contribution in [0, 0.1) is 0 Å². The van der Waals surface area contributed by atoms with Gasteiger partial charge in [-0.15, -0.1) is 0 Å². The second kappa shape index (κ2) is 35.6. The Morgan fingerprint density at radius 2 is 0.758 bits per heavy atom. The fourth-order valence-corrected chi connectivity index (χ4v) is 13.3. The Balaban J connectivity index is 0.000000201. The van der Waals surface area contributed by atoms with Crippen LogP contribution in [0.5, 0.6) is 11.5 Å². The molecule has 0 radical (unpaired) electrons. The summed E-state index contributed by atoms with van der Waals surface area (Å²) in [5, 5.41) is 78.2. The molecular formula is C68H80Br3N7O16S. The Morgan fingerprint density at radius 1 is 0.432 bits per heavy atom. The normalized spacial score (nSPS) is 17.4. The minimum absolute atomic E-state index is 0.0245. The number of phenols is 1. The Kier molecular flexibility index (Phi) is 28.1. The third-order valence-electron chi connectivity index (χ3n) is 16.5. The summed E-state index contributed by atoms with van der Waals surface area (Å²) < 4.78 is 34.2. The van der Waals surface area contributed by atoms with Crippen LogP contribution in [0.4, 0.5) is 5.69 Å². The first-order chi connectivity index (χ1) is 45.2. The molecule has 23 nitrogen and oxygen atoms in total. The lowest BCUT2D eigenvalue weighted by Gasteiger charge is -2.37. The number of rotatable bonds is 20. The van der Waals surface area contributed by atoms with Crippen LogP contribution < -0.4 is 25.6 Å². The largest absolute Gasteiger partial charge is 0.508 e. The monoisotopic (exact) mass is 1520 g/mol. The molecule has 3 aliphatic heterocycles. The van der Waals surface area contributed by atoms with Crippen LogP contribution in [0.1, 0.15) is 81.3 Å². The molecule has 3 saturated heterocycles. The molecule has 0 spiro atoms. The van der Waals surface area contributed by atoms with Gasteiger partial charge in [0.25, 0.3) is 35.4 Å². The van der Waals surface area contributed by atoms with Gasteiger partial charge in [-0.1, -0.05) is 121 Å². The van der Waals surface area contributed by atoms with Gasteiger partial charge in [0.1, 0.15) is 17.6 Å². The maximum Gasteiger partial charge on any atom is 0.254 e. The summed E-state index contributed by atoms with van der Waals surface area (Å²) >= 11 is 10.0. The highest BCUT2D eigenvalue weighted by Crippen LogP contribution is 2.27. The molecule has 6 aromatic carbocycles. The number of piperidine rings is 2. The zero-order valence-electron chi connectivity index (χ0n) is 52.5. The van der Waals surface area contributed by atoms with Crippen LogP contribution in [0.3, 0.4) is 0 Å². The number of likely N-dealkylation sites (tertiary alicyclic amines) is 2. The number of carbonyl (C=O) groups excluding carboxylic acids is 6. The molecule has 3 heterocycles. The Labute approximate surface area is 577 Å². The maximum atomic E-state index is 12.8. The average molecular weight is 1520 g/mol. The Hall–Kier alpha value is -7.31. The number of amides is 6. The van der Waals surface area contributed by atoms with Gasteiger partial charge in [-0.25, -0.2) is 8.42 Å². The van der Waals surface area contributed by atoms with Gasteiger partial charge < -0.3 is 76.0 Å². The highest BCUT2D eigenvalue weighted by molar-refractivity contribution is 9.11. The molecule has 9 rings (SSSR count). The summed E-state index contributed by atoms with van der Waals surface area (Å²) in [5.41, 5.74) is 3.38. The fraction of sp³-hybridized carbons (Fsp3) is 0.382. The first-order valence-electron chi connectivity index (χ1n) is 30.9. The van der Waals surface area contributed by atoms with E-state index in [4.69, 9.17) is 4.74 Å². The number of hydrogen-bond donors (Lipinski definition) is 10. The highest BCUT2D eigenvalue weighted by atomic mass is 79.9. The highest BCUT2D eigenvalue weighted by Gasteiger charge is 2.40. The van der Waals surface area contributed by atoms with E-state index in [1.54, 1.807) is 87.5 Å². The Bertz CT molecular complexity index is 3590. The Morgan fingerprint density at radius 3 is 1.12 bits per heavy atom. The number of aliphatic hydroxyl groups excluding tert-OH is 6. The quantitative estimate of drug-likeness (QED) is 0.0442. The number of hydrogen-bond acceptors (Lipinski definition) is 17. The second-order valence-corrected chi connectivity index (χ2v) is 28.2. The number of nitrogens with zero attached hydrogens (tertiary/aromatic N) is 4. The summed E-state index contributed by atoms with van der Waals surface area (Å²) in [5.74, 6) is -3.64. The van der Waals surface area contributed by atoms with E-state index >= 15 is 0 Å². The van der Waals surface area contributed by atoms with Crippen LogP contribution in [0.15, 0.2) is 176 Å². The average Bonchev–Trinajstić information content (AvgIpc) is 0.863. The van der Waals surface area contributed by atoms with E-state index in [2.05, 4.69) is 68.6 Å². The number of nitrogens with one attached hydrogen (secondary N) is 3. The van der Waals surface area contributed by atoms with Crippen LogP contribution in [0.2, 0.25) is 0 Å². The predicted octanol–water partition coefficient (Wildman–Crippen LogP) is 5.63. The van der Waals surface area contributed by atoms with Crippen LogP contribution in [-0.4, -0.2) is 195 Å². The molecule has 0 unspecified atom stereocenters. The van der Waals surface area contributed by atoms with Crippen LogP contribution in [0.25, 0.3) is 0 Å². The molecule has 510 valence electrons. The van der Waals surface area contributed by atoms with Crippen molar-refractivity contribution in [1.29, 1.82) is 0 Å². The van der Waals surface area contributed by atoms with Crippen LogP contribution in [-0.2, 0) is 38.6 Å². The molecule has 95 heavy (non-hydrogen) atoms. The number of carbonyl (C=O) groups is 6. The molecule has 9 atom stereocenters. The smallest absolute Gasteiger partial charge is 0.254 e. The lowest BCUT2D eigenvalue weighted by Crippen LogP contribution is -2.55. The van der Waals surface area contributed by atoms with Gasteiger partial charge in [0.2, 0.25) is 0 Å². The van der Waals surface area contributed by atoms with Gasteiger partial charge in [0.15, 0.2) is 46.5 Å². The summed E-state index contributed by atoms with van der Waals surface area (Å²) in [7, 11) is -3.52. The van der Waals surface area contributed by atoms with Crippen molar-refractivity contribution in [2.45, 2.75) is 117 Å². The number of piperazine rings is 1. The summed E-state index contributed by atoms with van der Waals surface area (Å²) in [4.78, 5) is 81.4. The van der Waals surface area contributed by atoms with Crippen molar-refractivity contribution in [2.24, 2.45) is 0 Å². The van der Waals surface area contributed by atoms with E-state index in [0.29, 0.717) is 52.1 Å². The molecule has 10 N–H and O–H groups in total. The van der Waals surface area contributed by atoms with Gasteiger partial charge in [0.05, 0.1) is 28.3 Å². The standard InChI is InChI=1S/C23H27BrN2O6S.C23H27BrN2O5.C22H26BrN3O5/c1-15(16-7-9-17(24)10-8-16)25-22(29)20(27)21(28)23(30)26-13-11-19(12-14-26)33(31,32)18-5-3-2-4-6-18;1-15(16-7-9-17(24)10-8-16)25-22(29)20(27)21(28)23(30)26-13-11-19(12-14-26)31-18-5-3-2-4-6-18;1-14(15-2-4-16(23)5-3-15)24-21(30)19(28)20(29)22(31)26-12-10-25(11-13-26)17-6-8-18(27)9-7-17/h2-10,15,19-21,27-28H,11-14H2,1H3,(H,25,29);2-10,15,19-21,27-28H,11-14H2,1H3,(H,25,29);2-9,14,19-20,27-29H,10-13H2,1H3,(H,24,30)/t2*15-,20-,21-;14-,19-,20-/m111/s1.